The molecule has 59 heavy (non-hydrogen) atoms. The van der Waals surface area contributed by atoms with Gasteiger partial charge in [0.15, 0.2) is 0 Å². The van der Waals surface area contributed by atoms with E-state index in [4.69, 9.17) is 16.0 Å². The zero-order valence-corrected chi connectivity index (χ0v) is 37.2. The molecule has 6 heteroatoms. The first kappa shape index (κ1) is 42.0. The van der Waals surface area contributed by atoms with Crippen LogP contribution >= 0.6 is 38.0 Å². The molecule has 0 aliphatic heterocycles. The fraction of sp³-hybridized carbons (Fsp3) is 0.0755. The summed E-state index contributed by atoms with van der Waals surface area (Å²) >= 11 is 12.4. The van der Waals surface area contributed by atoms with Gasteiger partial charge in [-0.05, 0) is 0 Å². The monoisotopic (exact) mass is 892 g/mol. The van der Waals surface area contributed by atoms with Crippen LogP contribution in [0.2, 0.25) is 0 Å². The van der Waals surface area contributed by atoms with Gasteiger partial charge in [0.2, 0.25) is 0 Å². The second-order valence-corrected chi connectivity index (χ2v) is 30.0. The molecule has 8 aromatic rings. The molecule has 0 spiro atoms. The number of Topliss-reactive ketones (excluding diaryl/α,β-unsaturated/α-hetero) is 1. The van der Waals surface area contributed by atoms with Crippen molar-refractivity contribution in [3.05, 3.63) is 248 Å². The van der Waals surface area contributed by atoms with Crippen molar-refractivity contribution in [2.24, 2.45) is 0 Å². The molecular weight excluding hydrogens is 846 g/mol. The molecule has 0 saturated heterocycles. The molecule has 0 fully saturated rings. The van der Waals surface area contributed by atoms with Crippen LogP contribution in [-0.4, -0.2) is 18.6 Å². The van der Waals surface area contributed by atoms with E-state index in [0.29, 0.717) is 12.2 Å². The number of hydrogen-bond acceptors (Lipinski definition) is 2. The number of carbonyl (C=O) groups is 1. The molecule has 0 saturated carbocycles. The maximum atomic E-state index is 13.5. The molecule has 8 rings (SSSR count). The normalized spacial score (nSPS) is 12.7. The number of hydrogen-bond donors (Lipinski definition) is 0. The molecule has 0 N–H and O–H groups in total. The fourth-order valence-corrected chi connectivity index (χ4v) is 21.7. The molecule has 0 aliphatic carbocycles. The molecule has 0 unspecified atom stereocenters. The number of benzene rings is 8. The number of ketones is 1. The summed E-state index contributed by atoms with van der Waals surface area (Å²) in [6, 6.07) is 81.0. The van der Waals surface area contributed by atoms with Crippen molar-refractivity contribution < 1.29 is 9.53 Å². The molecule has 8 aromatic carbocycles. The van der Waals surface area contributed by atoms with E-state index in [0.717, 1.165) is 27.8 Å². The van der Waals surface area contributed by atoms with Crippen molar-refractivity contribution in [1.82, 2.24) is 0 Å². The third kappa shape index (κ3) is 8.36. The van der Waals surface area contributed by atoms with E-state index in [1.807, 2.05) is 91.9 Å². The Labute approximate surface area is 362 Å². The Kier molecular flexibility index (Phi) is 13.1. The average molecular weight is 894 g/mol. The van der Waals surface area contributed by atoms with Gasteiger partial charge in [0, 0.05) is 0 Å². The van der Waals surface area contributed by atoms with E-state index in [9.17, 15) is 4.79 Å². The molecule has 0 aromatic heterocycles. The minimum absolute atomic E-state index is 0.0508. The van der Waals surface area contributed by atoms with Crippen LogP contribution in [0.4, 0.5) is 0 Å². The third-order valence-electron chi connectivity index (χ3n) is 11.0. The first-order valence-corrected chi connectivity index (χ1v) is 27.6. The van der Waals surface area contributed by atoms with Crippen molar-refractivity contribution in [2.45, 2.75) is 13.1 Å². The predicted molar refractivity (Wildman–Crippen MR) is 262 cm³/mol. The summed E-state index contributed by atoms with van der Waals surface area (Å²) in [6.07, 6.45) is 1.12. The van der Waals surface area contributed by atoms with E-state index in [1.165, 1.54) is 21.5 Å². The summed E-state index contributed by atoms with van der Waals surface area (Å²) in [5.41, 5.74) is 1.97. The average Bonchev–Trinajstić information content (AvgIpc) is 3.32. The van der Waals surface area contributed by atoms with Crippen LogP contribution in [0.3, 0.4) is 0 Å². The Morgan fingerprint density at radius 1 is 0.458 bits per heavy atom. The quantitative estimate of drug-likeness (QED) is 0.0851. The molecule has 0 heterocycles. The van der Waals surface area contributed by atoms with Crippen LogP contribution in [0.5, 0.6) is 5.75 Å². The summed E-state index contributed by atoms with van der Waals surface area (Å²) in [5.74, 6) is -2.60. The van der Waals surface area contributed by atoms with E-state index < -0.39 is 11.3 Å². The van der Waals surface area contributed by atoms with E-state index >= 15 is 0 Å². The van der Waals surface area contributed by atoms with E-state index in [2.05, 4.69) is 167 Å². The Bertz CT molecular complexity index is 2350. The summed E-state index contributed by atoms with van der Waals surface area (Å²) in [6.45, 7) is 2.69. The molecule has 0 atom stereocenters. The van der Waals surface area contributed by atoms with Gasteiger partial charge in [-0.2, -0.15) is 0 Å². The Morgan fingerprint density at radius 2 is 0.763 bits per heavy atom. The summed E-state index contributed by atoms with van der Waals surface area (Å²) in [4.78, 5) is 13.5. The first-order chi connectivity index (χ1) is 28.8. The molecule has 0 bridgehead atoms. The number of carbonyl (C=O) groups excluding carboxylic acids is 1. The fourth-order valence-electron chi connectivity index (χ4n) is 8.06. The summed E-state index contributed by atoms with van der Waals surface area (Å²) in [5, 5.41) is 4.05. The number of rotatable bonds is 13. The second-order valence-electron chi connectivity index (χ2n) is 14.6. The van der Waals surface area contributed by atoms with Gasteiger partial charge < -0.3 is 0 Å². The van der Waals surface area contributed by atoms with Crippen LogP contribution in [0, 0.1) is 0 Å². The standard InChI is InChI=1S/C27H26BrOP.C26H22ClOP/c1-2-29-24-20-18-23(19-21-24)22-30(28,25-12-6-3-7-13-25,26-14-8-4-9-15-26)27-16-10-5-11-17-27;27-29(23-15-7-2-8-16-23,24-17-9-3-10-18-24,25-19-11-4-12-20-25)21-26(28)22-13-5-1-6-14-22/h3-21H,2,22H2,1H3;1-20H,21H2. The van der Waals surface area contributed by atoms with Gasteiger partial charge >= 0.3 is 364 Å². The molecular formula is C53H48BrClO2P2. The van der Waals surface area contributed by atoms with Gasteiger partial charge in [0.05, 0.1) is 0 Å². The molecule has 0 radical (unpaired) electrons. The Hall–Kier alpha value is -5.14. The van der Waals surface area contributed by atoms with Gasteiger partial charge in [-0.3, -0.25) is 0 Å². The number of halogens is 2. The topological polar surface area (TPSA) is 26.3 Å². The summed E-state index contributed by atoms with van der Waals surface area (Å²) in [7, 11) is 0. The van der Waals surface area contributed by atoms with Crippen LogP contribution in [-0.2, 0) is 6.16 Å². The van der Waals surface area contributed by atoms with Crippen LogP contribution < -0.4 is 36.6 Å². The van der Waals surface area contributed by atoms with Gasteiger partial charge in [-0.1, -0.05) is 0 Å². The van der Waals surface area contributed by atoms with Gasteiger partial charge in [0.1, 0.15) is 0 Å². The van der Waals surface area contributed by atoms with Crippen LogP contribution in [0.15, 0.2) is 237 Å². The Morgan fingerprint density at radius 3 is 1.08 bits per heavy atom. The van der Waals surface area contributed by atoms with Gasteiger partial charge in [0.25, 0.3) is 0 Å². The van der Waals surface area contributed by atoms with Crippen LogP contribution in [0.25, 0.3) is 0 Å². The zero-order chi connectivity index (χ0) is 41.1. The van der Waals surface area contributed by atoms with Gasteiger partial charge in [-0.25, -0.2) is 0 Å². The van der Waals surface area contributed by atoms with Gasteiger partial charge in [-0.15, -0.1) is 0 Å². The van der Waals surface area contributed by atoms with Crippen LogP contribution in [0.1, 0.15) is 22.8 Å². The van der Waals surface area contributed by atoms with E-state index in [-0.39, 0.29) is 11.9 Å². The second kappa shape index (κ2) is 18.4. The van der Waals surface area contributed by atoms with Crippen molar-refractivity contribution in [3.63, 3.8) is 0 Å². The minimum atomic E-state index is -3.56. The first-order valence-electron chi connectivity index (χ1n) is 19.9. The third-order valence-corrected chi connectivity index (χ3v) is 27.7. The molecule has 2 nitrogen and oxygen atoms in total. The van der Waals surface area contributed by atoms with Crippen molar-refractivity contribution in [3.8, 4) is 5.75 Å². The molecule has 296 valence electrons. The molecule has 0 aliphatic rings. The van der Waals surface area contributed by atoms with Crippen molar-refractivity contribution in [2.75, 3.05) is 12.8 Å². The predicted octanol–water partition coefficient (Wildman–Crippen LogP) is 12.0. The SMILES string of the molecule is CCOc1ccc(CP(Br)(c2ccccc2)(c2ccccc2)c2ccccc2)cc1.O=C(CP(Cl)(c1ccccc1)(c1ccccc1)c1ccccc1)c1ccccc1. The van der Waals surface area contributed by atoms with Crippen molar-refractivity contribution in [1.29, 1.82) is 0 Å². The molecule has 0 amide bonds. The Balaban J connectivity index is 0.000000179. The maximum absolute atomic E-state index is 13.5. The number of ether oxygens (including phenoxy) is 1. The van der Waals surface area contributed by atoms with E-state index in [1.54, 1.807) is 0 Å². The summed E-state index contributed by atoms with van der Waals surface area (Å²) < 4.78 is 5.67. The van der Waals surface area contributed by atoms with Crippen molar-refractivity contribution >= 4 is 75.6 Å². The zero-order valence-electron chi connectivity index (χ0n) is 33.1.